The maximum Gasteiger partial charge on any atom is 0.101 e. The van der Waals surface area contributed by atoms with Gasteiger partial charge in [0.1, 0.15) is 6.07 Å². The van der Waals surface area contributed by atoms with Gasteiger partial charge in [0.25, 0.3) is 0 Å². The second-order valence-corrected chi connectivity index (χ2v) is 6.33. The van der Waals surface area contributed by atoms with Crippen molar-refractivity contribution in [1.29, 1.82) is 5.26 Å². The average molecular weight is 292 g/mol. The van der Waals surface area contributed by atoms with Gasteiger partial charge in [0.15, 0.2) is 0 Å². The molecule has 1 saturated heterocycles. The molecule has 1 fully saturated rings. The number of likely N-dealkylation sites (tertiary alicyclic amines) is 1. The van der Waals surface area contributed by atoms with Crippen LogP contribution in [0.4, 0.5) is 5.69 Å². The molecule has 1 heterocycles. The maximum absolute atomic E-state index is 9.00. The predicted molar refractivity (Wildman–Crippen MR) is 84.1 cm³/mol. The number of nitrogens with zero attached hydrogens (tertiary/aromatic N) is 2. The van der Waals surface area contributed by atoms with E-state index in [0.717, 1.165) is 37.5 Å². The van der Waals surface area contributed by atoms with Gasteiger partial charge in [-0.2, -0.15) is 5.26 Å². The first kappa shape index (κ1) is 15.2. The van der Waals surface area contributed by atoms with E-state index in [-0.39, 0.29) is 0 Å². The van der Waals surface area contributed by atoms with Crippen molar-refractivity contribution in [3.63, 3.8) is 0 Å². The van der Waals surface area contributed by atoms with Crippen molar-refractivity contribution in [3.8, 4) is 6.07 Å². The van der Waals surface area contributed by atoms with E-state index in [0.29, 0.717) is 16.6 Å². The third kappa shape index (κ3) is 4.13. The highest BCUT2D eigenvalue weighted by Crippen LogP contribution is 2.22. The highest BCUT2D eigenvalue weighted by molar-refractivity contribution is 6.31. The van der Waals surface area contributed by atoms with Crippen LogP contribution in [0.3, 0.4) is 0 Å². The Balaban J connectivity index is 1.88. The van der Waals surface area contributed by atoms with E-state index in [4.69, 9.17) is 16.9 Å². The van der Waals surface area contributed by atoms with Crippen molar-refractivity contribution in [2.24, 2.45) is 5.92 Å². The Morgan fingerprint density at radius 1 is 1.40 bits per heavy atom. The number of piperidine rings is 1. The minimum absolute atomic E-state index is 0.492. The van der Waals surface area contributed by atoms with Crippen LogP contribution >= 0.6 is 11.6 Å². The minimum Gasteiger partial charge on any atom is -0.382 e. The highest BCUT2D eigenvalue weighted by atomic mass is 35.5. The number of nitriles is 1. The summed E-state index contributed by atoms with van der Waals surface area (Å²) < 4.78 is 0. The molecule has 1 aromatic rings. The van der Waals surface area contributed by atoms with E-state index in [2.05, 4.69) is 30.1 Å². The van der Waals surface area contributed by atoms with Gasteiger partial charge in [-0.25, -0.2) is 0 Å². The maximum atomic E-state index is 9.00. The second kappa shape index (κ2) is 6.97. The van der Waals surface area contributed by atoms with E-state index in [1.54, 1.807) is 6.07 Å². The van der Waals surface area contributed by atoms with Crippen molar-refractivity contribution >= 4 is 17.3 Å². The molecule has 0 spiro atoms. The number of hydrogen-bond acceptors (Lipinski definition) is 3. The summed E-state index contributed by atoms with van der Waals surface area (Å²) in [5.41, 5.74) is 1.53. The van der Waals surface area contributed by atoms with Crippen LogP contribution in [0.2, 0.25) is 5.02 Å². The number of rotatable bonds is 4. The molecule has 4 heteroatoms. The normalized spacial score (nSPS) is 17.1. The molecule has 0 saturated carbocycles. The Kier molecular flexibility index (Phi) is 5.28. The first-order valence-corrected chi connectivity index (χ1v) is 7.65. The summed E-state index contributed by atoms with van der Waals surface area (Å²) in [4.78, 5) is 2.53. The van der Waals surface area contributed by atoms with Gasteiger partial charge in [-0.3, -0.25) is 0 Å². The molecule has 1 N–H and O–H groups in total. The Morgan fingerprint density at radius 3 is 2.70 bits per heavy atom. The molecule has 1 aromatic carbocycles. The molecule has 1 aliphatic rings. The molecule has 0 aromatic heterocycles. The van der Waals surface area contributed by atoms with Crippen LogP contribution in [-0.2, 0) is 0 Å². The van der Waals surface area contributed by atoms with Gasteiger partial charge >= 0.3 is 0 Å². The Labute approximate surface area is 126 Å². The van der Waals surface area contributed by atoms with Crippen LogP contribution in [-0.4, -0.2) is 30.6 Å². The third-order valence-electron chi connectivity index (χ3n) is 3.67. The number of hydrogen-bond donors (Lipinski definition) is 1. The molecule has 1 aliphatic heterocycles. The molecule has 0 atom stereocenters. The smallest absolute Gasteiger partial charge is 0.101 e. The van der Waals surface area contributed by atoms with Crippen molar-refractivity contribution in [2.75, 3.05) is 25.0 Å². The number of benzene rings is 1. The second-order valence-electron chi connectivity index (χ2n) is 5.92. The standard InChI is InChI=1S/C16H22ClN3/c1-12(2)11-20-7-5-14(6-8-20)19-15-3-4-16(17)13(9-15)10-18/h3-4,9,12,14,19H,5-8,11H2,1-2H3. The SMILES string of the molecule is CC(C)CN1CCC(Nc2ccc(Cl)c(C#N)c2)CC1. The molecular weight excluding hydrogens is 270 g/mol. The summed E-state index contributed by atoms with van der Waals surface area (Å²) >= 11 is 5.95. The fourth-order valence-electron chi connectivity index (χ4n) is 2.71. The lowest BCUT2D eigenvalue weighted by Gasteiger charge is -2.33. The summed E-state index contributed by atoms with van der Waals surface area (Å²) in [5, 5.41) is 13.0. The molecule has 0 unspecified atom stereocenters. The Hall–Kier alpha value is -1.24. The zero-order valence-electron chi connectivity index (χ0n) is 12.2. The Morgan fingerprint density at radius 2 is 2.10 bits per heavy atom. The number of anilines is 1. The molecule has 2 rings (SSSR count). The molecule has 108 valence electrons. The summed E-state index contributed by atoms with van der Waals surface area (Å²) in [6, 6.07) is 8.19. The average Bonchev–Trinajstić information content (AvgIpc) is 2.42. The summed E-state index contributed by atoms with van der Waals surface area (Å²) in [7, 11) is 0. The molecule has 3 nitrogen and oxygen atoms in total. The molecular formula is C16H22ClN3. The number of halogens is 1. The fourth-order valence-corrected chi connectivity index (χ4v) is 2.87. The zero-order chi connectivity index (χ0) is 14.5. The van der Waals surface area contributed by atoms with E-state index < -0.39 is 0 Å². The quantitative estimate of drug-likeness (QED) is 0.918. The van der Waals surface area contributed by atoms with E-state index in [1.807, 2.05) is 12.1 Å². The topological polar surface area (TPSA) is 39.1 Å². The number of nitrogens with one attached hydrogen (secondary N) is 1. The summed E-state index contributed by atoms with van der Waals surface area (Å²) in [6.45, 7) is 8.01. The van der Waals surface area contributed by atoms with Crippen molar-refractivity contribution in [2.45, 2.75) is 32.7 Å². The van der Waals surface area contributed by atoms with Gasteiger partial charge in [0, 0.05) is 31.4 Å². The lowest BCUT2D eigenvalue weighted by atomic mass is 10.0. The fraction of sp³-hybridized carbons (Fsp3) is 0.562. The van der Waals surface area contributed by atoms with E-state index in [9.17, 15) is 0 Å². The van der Waals surface area contributed by atoms with Gasteiger partial charge in [0.2, 0.25) is 0 Å². The van der Waals surface area contributed by atoms with Gasteiger partial charge < -0.3 is 10.2 Å². The highest BCUT2D eigenvalue weighted by Gasteiger charge is 2.19. The van der Waals surface area contributed by atoms with Crippen LogP contribution in [0, 0.1) is 17.2 Å². The van der Waals surface area contributed by atoms with Crippen LogP contribution in [0.25, 0.3) is 0 Å². The van der Waals surface area contributed by atoms with E-state index in [1.165, 1.54) is 6.54 Å². The van der Waals surface area contributed by atoms with Crippen molar-refractivity contribution < 1.29 is 0 Å². The lowest BCUT2D eigenvalue weighted by molar-refractivity contribution is 0.198. The van der Waals surface area contributed by atoms with Crippen molar-refractivity contribution in [1.82, 2.24) is 4.90 Å². The predicted octanol–water partition coefficient (Wildman–Crippen LogP) is 3.74. The lowest BCUT2D eigenvalue weighted by Crippen LogP contribution is -2.40. The Bertz CT molecular complexity index is 485. The van der Waals surface area contributed by atoms with Gasteiger partial charge in [-0.1, -0.05) is 25.4 Å². The molecule has 20 heavy (non-hydrogen) atoms. The minimum atomic E-state index is 0.492. The first-order chi connectivity index (χ1) is 9.58. The van der Waals surface area contributed by atoms with Crippen molar-refractivity contribution in [3.05, 3.63) is 28.8 Å². The van der Waals surface area contributed by atoms with E-state index >= 15 is 0 Å². The van der Waals surface area contributed by atoms with Crippen LogP contribution in [0.1, 0.15) is 32.3 Å². The first-order valence-electron chi connectivity index (χ1n) is 7.27. The van der Waals surface area contributed by atoms with Gasteiger partial charge in [0.05, 0.1) is 10.6 Å². The van der Waals surface area contributed by atoms with Gasteiger partial charge in [-0.05, 0) is 37.0 Å². The van der Waals surface area contributed by atoms with Gasteiger partial charge in [-0.15, -0.1) is 0 Å². The molecule has 0 amide bonds. The zero-order valence-corrected chi connectivity index (χ0v) is 13.0. The molecule has 0 aliphatic carbocycles. The molecule has 0 radical (unpaired) electrons. The van der Waals surface area contributed by atoms with Crippen LogP contribution in [0.15, 0.2) is 18.2 Å². The summed E-state index contributed by atoms with van der Waals surface area (Å²) in [6.07, 6.45) is 2.30. The third-order valence-corrected chi connectivity index (χ3v) is 4.00. The summed E-state index contributed by atoms with van der Waals surface area (Å²) in [5.74, 6) is 0.731. The van der Waals surface area contributed by atoms with Crippen LogP contribution < -0.4 is 5.32 Å². The monoisotopic (exact) mass is 291 g/mol. The molecule has 0 bridgehead atoms. The van der Waals surface area contributed by atoms with Crippen LogP contribution in [0.5, 0.6) is 0 Å². The largest absolute Gasteiger partial charge is 0.382 e.